The zero-order valence-electron chi connectivity index (χ0n) is 17.9. The van der Waals surface area contributed by atoms with Gasteiger partial charge in [0.05, 0.1) is 12.2 Å². The van der Waals surface area contributed by atoms with E-state index in [4.69, 9.17) is 4.74 Å². The molecule has 7 atom stereocenters. The first-order valence-electron chi connectivity index (χ1n) is 11.3. The van der Waals surface area contributed by atoms with E-state index in [1.807, 2.05) is 6.92 Å². The second-order valence-corrected chi connectivity index (χ2v) is 10.6. The molecule has 28 heavy (non-hydrogen) atoms. The van der Waals surface area contributed by atoms with Gasteiger partial charge in [-0.3, -0.25) is 9.59 Å². The van der Waals surface area contributed by atoms with Crippen LogP contribution in [0.3, 0.4) is 0 Å². The molecule has 0 aromatic carbocycles. The van der Waals surface area contributed by atoms with Gasteiger partial charge in [-0.25, -0.2) is 0 Å². The lowest BCUT2D eigenvalue weighted by atomic mass is 9.44. The van der Waals surface area contributed by atoms with Crippen molar-refractivity contribution in [2.45, 2.75) is 84.7 Å². The van der Waals surface area contributed by atoms with Crippen molar-refractivity contribution < 1.29 is 19.4 Å². The molecule has 0 radical (unpaired) electrons. The van der Waals surface area contributed by atoms with Crippen LogP contribution in [0.2, 0.25) is 0 Å². The zero-order chi connectivity index (χ0) is 20.3. The van der Waals surface area contributed by atoms with E-state index in [2.05, 4.69) is 19.9 Å². The van der Waals surface area contributed by atoms with Crippen molar-refractivity contribution in [1.82, 2.24) is 0 Å². The molecular formula is C24H36O4. The van der Waals surface area contributed by atoms with Gasteiger partial charge in [0, 0.05) is 5.41 Å². The maximum atomic E-state index is 13.4. The van der Waals surface area contributed by atoms with E-state index in [0.717, 1.165) is 44.9 Å². The van der Waals surface area contributed by atoms with Crippen LogP contribution in [-0.4, -0.2) is 29.1 Å². The largest absolute Gasteiger partial charge is 0.465 e. The Kier molecular flexibility index (Phi) is 4.80. The summed E-state index contributed by atoms with van der Waals surface area (Å²) in [5.41, 5.74) is 0.640. The van der Waals surface area contributed by atoms with Gasteiger partial charge >= 0.3 is 5.97 Å². The Labute approximate surface area is 169 Å². The Morgan fingerprint density at radius 3 is 2.54 bits per heavy atom. The van der Waals surface area contributed by atoms with Crippen LogP contribution in [-0.2, 0) is 14.3 Å². The van der Waals surface area contributed by atoms with Gasteiger partial charge in [0.15, 0.2) is 5.78 Å². The van der Waals surface area contributed by atoms with Crippen LogP contribution in [0, 0.1) is 34.5 Å². The minimum atomic E-state index is -0.574. The molecule has 0 heterocycles. The van der Waals surface area contributed by atoms with Crippen molar-refractivity contribution in [3.05, 3.63) is 11.6 Å². The smallest absolute Gasteiger partial charge is 0.316 e. The number of allylic oxidation sites excluding steroid dienone is 1. The van der Waals surface area contributed by atoms with Gasteiger partial charge < -0.3 is 9.84 Å². The maximum Gasteiger partial charge on any atom is 0.316 e. The fourth-order valence-electron chi connectivity index (χ4n) is 7.31. The van der Waals surface area contributed by atoms with Gasteiger partial charge in [-0.1, -0.05) is 25.5 Å². The highest BCUT2D eigenvalue weighted by molar-refractivity contribution is 6.02. The lowest BCUT2D eigenvalue weighted by Crippen LogP contribution is -2.57. The van der Waals surface area contributed by atoms with Crippen LogP contribution in [0.4, 0.5) is 0 Å². The molecule has 0 aromatic rings. The van der Waals surface area contributed by atoms with E-state index in [-0.39, 0.29) is 17.2 Å². The van der Waals surface area contributed by atoms with Gasteiger partial charge in [0.1, 0.15) is 5.92 Å². The average Bonchev–Trinajstić information content (AvgIpc) is 2.63. The number of fused-ring (bicyclic) bond motifs is 5. The number of rotatable bonds is 2. The van der Waals surface area contributed by atoms with Crippen LogP contribution < -0.4 is 0 Å². The molecule has 4 heteroatoms. The summed E-state index contributed by atoms with van der Waals surface area (Å²) >= 11 is 0. The van der Waals surface area contributed by atoms with Crippen molar-refractivity contribution in [3.8, 4) is 0 Å². The number of ketones is 1. The minimum Gasteiger partial charge on any atom is -0.465 e. The molecular weight excluding hydrogens is 352 g/mol. The van der Waals surface area contributed by atoms with Crippen molar-refractivity contribution in [2.75, 3.05) is 6.61 Å². The molecule has 4 rings (SSSR count). The van der Waals surface area contributed by atoms with E-state index in [1.54, 1.807) is 6.92 Å². The molecule has 3 fully saturated rings. The molecule has 4 aliphatic carbocycles. The Morgan fingerprint density at radius 2 is 1.82 bits per heavy atom. The molecule has 6 unspecified atom stereocenters. The van der Waals surface area contributed by atoms with E-state index < -0.39 is 16.9 Å². The predicted molar refractivity (Wildman–Crippen MR) is 107 cm³/mol. The molecule has 0 aromatic heterocycles. The highest BCUT2D eigenvalue weighted by atomic mass is 16.5. The Hall–Kier alpha value is -1.16. The summed E-state index contributed by atoms with van der Waals surface area (Å²) < 4.78 is 5.20. The molecule has 156 valence electrons. The number of ether oxygens (including phenoxy) is 1. The number of esters is 1. The zero-order valence-corrected chi connectivity index (χ0v) is 17.9. The van der Waals surface area contributed by atoms with Gasteiger partial charge in [0.2, 0.25) is 0 Å². The Balaban J connectivity index is 1.60. The molecule has 3 saturated carbocycles. The van der Waals surface area contributed by atoms with Crippen molar-refractivity contribution >= 4 is 11.8 Å². The first kappa shape index (κ1) is 20.1. The summed E-state index contributed by atoms with van der Waals surface area (Å²) in [6.45, 7) is 8.62. The van der Waals surface area contributed by atoms with Crippen LogP contribution in [0.25, 0.3) is 0 Å². The maximum absolute atomic E-state index is 13.4. The highest BCUT2D eigenvalue weighted by Gasteiger charge is 2.60. The normalized spacial score (nSPS) is 48.0. The lowest BCUT2D eigenvalue weighted by Gasteiger charge is -2.60. The molecule has 0 aliphatic heterocycles. The van der Waals surface area contributed by atoms with Crippen LogP contribution in [0.15, 0.2) is 11.6 Å². The van der Waals surface area contributed by atoms with E-state index in [0.29, 0.717) is 30.8 Å². The third-order valence-electron chi connectivity index (χ3n) is 8.99. The van der Waals surface area contributed by atoms with Gasteiger partial charge in [-0.05, 0) is 88.4 Å². The third-order valence-corrected chi connectivity index (χ3v) is 8.99. The number of carbonyl (C=O) groups excluding carboxylic acids is 2. The second-order valence-electron chi connectivity index (χ2n) is 10.6. The average molecular weight is 389 g/mol. The number of hydrogen-bond donors (Lipinski definition) is 1. The number of aliphatic hydroxyl groups is 1. The van der Waals surface area contributed by atoms with Crippen molar-refractivity contribution in [2.24, 2.45) is 34.5 Å². The van der Waals surface area contributed by atoms with E-state index in [9.17, 15) is 14.7 Å². The second kappa shape index (κ2) is 6.68. The summed E-state index contributed by atoms with van der Waals surface area (Å²) in [6, 6.07) is 0. The third kappa shape index (κ3) is 2.89. The highest BCUT2D eigenvalue weighted by Crippen LogP contribution is 2.64. The number of Topliss-reactive ketones (excluding diaryl/α,β-unsaturated/α-hetero) is 1. The Morgan fingerprint density at radius 1 is 1.11 bits per heavy atom. The van der Waals surface area contributed by atoms with Crippen LogP contribution >= 0.6 is 0 Å². The fourth-order valence-corrected chi connectivity index (χ4v) is 7.31. The molecule has 0 amide bonds. The summed E-state index contributed by atoms with van der Waals surface area (Å²) in [4.78, 5) is 25.7. The Bertz CT molecular complexity index is 707. The summed E-state index contributed by atoms with van der Waals surface area (Å²) in [5, 5.41) is 10.6. The van der Waals surface area contributed by atoms with E-state index >= 15 is 0 Å². The molecule has 0 spiro atoms. The van der Waals surface area contributed by atoms with Gasteiger partial charge in [0.25, 0.3) is 0 Å². The quantitative estimate of drug-likeness (QED) is 0.431. The van der Waals surface area contributed by atoms with Crippen LogP contribution in [0.5, 0.6) is 0 Å². The first-order chi connectivity index (χ1) is 13.1. The predicted octanol–water partition coefficient (Wildman–Crippen LogP) is 4.45. The monoisotopic (exact) mass is 388 g/mol. The molecule has 4 nitrogen and oxygen atoms in total. The number of hydrogen-bond acceptors (Lipinski definition) is 4. The summed E-state index contributed by atoms with van der Waals surface area (Å²) in [6.07, 6.45) is 9.62. The topological polar surface area (TPSA) is 63.6 Å². The summed E-state index contributed by atoms with van der Waals surface area (Å²) in [7, 11) is 0. The molecule has 0 bridgehead atoms. The molecule has 0 saturated heterocycles. The number of carbonyl (C=O) groups is 2. The van der Waals surface area contributed by atoms with E-state index in [1.165, 1.54) is 5.57 Å². The van der Waals surface area contributed by atoms with Crippen molar-refractivity contribution in [1.29, 1.82) is 0 Å². The van der Waals surface area contributed by atoms with Crippen molar-refractivity contribution in [3.63, 3.8) is 0 Å². The first-order valence-corrected chi connectivity index (χ1v) is 11.3. The van der Waals surface area contributed by atoms with Gasteiger partial charge in [-0.15, -0.1) is 0 Å². The minimum absolute atomic E-state index is 0.132. The molecule has 4 aliphatic rings. The lowest BCUT2D eigenvalue weighted by molar-refractivity contribution is -0.165. The van der Waals surface area contributed by atoms with Gasteiger partial charge in [-0.2, -0.15) is 0 Å². The van der Waals surface area contributed by atoms with Crippen LogP contribution in [0.1, 0.15) is 79.1 Å². The summed E-state index contributed by atoms with van der Waals surface area (Å²) in [5.74, 6) is 0.722. The molecule has 1 N–H and O–H groups in total. The standard InChI is InChI=1S/C24H36O4/c1-5-28-21(26)17-8-9-18-16-7-6-15-14-22(2,27)12-13-23(15,3)19(16)10-11-24(18,4)20(17)25/h6,16-19,27H,5,7-14H2,1-4H3/t16?,17?,18?,19?,22-,23?,24?/m0/s1. The fraction of sp³-hybridized carbons (Fsp3) is 0.833. The SMILES string of the molecule is CCOC(=O)C1CCC2C3CC=C4C[C@@](C)(O)CCC4(C)C3CCC2(C)C1=O.